The third-order valence-electron chi connectivity index (χ3n) is 4.31. The molecule has 0 spiro atoms. The molecule has 110 valence electrons. The average molecular weight is 298 g/mol. The summed E-state index contributed by atoms with van der Waals surface area (Å²) in [7, 11) is 0. The van der Waals surface area contributed by atoms with Crippen LogP contribution >= 0.6 is 0 Å². The molecule has 0 saturated carbocycles. The van der Waals surface area contributed by atoms with Crippen molar-refractivity contribution in [3.05, 3.63) is 95.6 Å². The highest BCUT2D eigenvalue weighted by molar-refractivity contribution is 6.29. The zero-order valence-electron chi connectivity index (χ0n) is 12.4. The van der Waals surface area contributed by atoms with Gasteiger partial charge in [0.2, 0.25) is 0 Å². The van der Waals surface area contributed by atoms with Crippen molar-refractivity contribution in [1.82, 2.24) is 0 Å². The molecule has 2 nitrogen and oxygen atoms in total. The molecule has 0 amide bonds. The summed E-state index contributed by atoms with van der Waals surface area (Å²) < 4.78 is 0. The number of hydrogen-bond donors (Lipinski definition) is 0. The van der Waals surface area contributed by atoms with Gasteiger partial charge in [-0.15, -0.1) is 0 Å². The van der Waals surface area contributed by atoms with Gasteiger partial charge in [0.1, 0.15) is 5.92 Å². The molecule has 0 unspecified atom stereocenters. The summed E-state index contributed by atoms with van der Waals surface area (Å²) in [6.07, 6.45) is 0. The molecule has 0 aliphatic heterocycles. The summed E-state index contributed by atoms with van der Waals surface area (Å²) >= 11 is 0. The fourth-order valence-corrected chi connectivity index (χ4v) is 3.17. The van der Waals surface area contributed by atoms with Gasteiger partial charge in [0, 0.05) is 11.1 Å². The molecule has 0 heterocycles. The predicted octanol–water partition coefficient (Wildman–Crippen LogP) is 4.52. The van der Waals surface area contributed by atoms with Gasteiger partial charge < -0.3 is 0 Å². The molecular weight excluding hydrogens is 284 g/mol. The summed E-state index contributed by atoms with van der Waals surface area (Å²) in [5.41, 5.74) is 3.92. The van der Waals surface area contributed by atoms with E-state index in [-0.39, 0.29) is 11.6 Å². The van der Waals surface area contributed by atoms with Crippen LogP contribution in [0.2, 0.25) is 0 Å². The largest absolute Gasteiger partial charge is 0.293 e. The highest BCUT2D eigenvalue weighted by atomic mass is 16.2. The van der Waals surface area contributed by atoms with Crippen LogP contribution in [0.5, 0.6) is 0 Å². The summed E-state index contributed by atoms with van der Waals surface area (Å²) in [5, 5.41) is 0. The maximum Gasteiger partial charge on any atom is 0.178 e. The van der Waals surface area contributed by atoms with Crippen molar-refractivity contribution in [2.24, 2.45) is 0 Å². The molecule has 0 radical (unpaired) electrons. The minimum atomic E-state index is -0.712. The van der Waals surface area contributed by atoms with Crippen LogP contribution in [0.1, 0.15) is 32.2 Å². The molecule has 3 aromatic carbocycles. The van der Waals surface area contributed by atoms with Gasteiger partial charge in [-0.25, -0.2) is 0 Å². The molecule has 0 saturated heterocycles. The Labute approximate surface area is 134 Å². The second-order valence-corrected chi connectivity index (χ2v) is 5.70. The highest BCUT2D eigenvalue weighted by Gasteiger charge is 2.39. The molecule has 4 rings (SSSR count). The van der Waals surface area contributed by atoms with Crippen LogP contribution in [0.15, 0.2) is 78.9 Å². The van der Waals surface area contributed by atoms with E-state index in [9.17, 15) is 9.59 Å². The molecule has 3 aromatic rings. The van der Waals surface area contributed by atoms with E-state index in [0.29, 0.717) is 11.1 Å². The Balaban J connectivity index is 1.78. The predicted molar refractivity (Wildman–Crippen MR) is 89.7 cm³/mol. The van der Waals surface area contributed by atoms with Gasteiger partial charge in [-0.1, -0.05) is 72.8 Å². The summed E-state index contributed by atoms with van der Waals surface area (Å²) in [6.45, 7) is 0. The van der Waals surface area contributed by atoms with E-state index < -0.39 is 5.92 Å². The Morgan fingerprint density at radius 1 is 0.565 bits per heavy atom. The Bertz CT molecular complexity index is 875. The molecule has 23 heavy (non-hydrogen) atoms. The first-order valence-corrected chi connectivity index (χ1v) is 7.58. The number of benzene rings is 3. The van der Waals surface area contributed by atoms with Gasteiger partial charge in [-0.3, -0.25) is 9.59 Å². The van der Waals surface area contributed by atoms with Crippen LogP contribution in [0.3, 0.4) is 0 Å². The van der Waals surface area contributed by atoms with Crippen LogP contribution < -0.4 is 0 Å². The molecule has 2 heteroatoms. The third kappa shape index (κ3) is 2.20. The third-order valence-corrected chi connectivity index (χ3v) is 4.31. The van der Waals surface area contributed by atoms with E-state index in [2.05, 4.69) is 0 Å². The van der Waals surface area contributed by atoms with Crippen molar-refractivity contribution in [2.75, 3.05) is 0 Å². The normalized spacial score (nSPS) is 14.1. The summed E-state index contributed by atoms with van der Waals surface area (Å²) in [6, 6.07) is 24.7. The zero-order valence-corrected chi connectivity index (χ0v) is 12.4. The van der Waals surface area contributed by atoms with Crippen LogP contribution in [-0.4, -0.2) is 11.6 Å². The second kappa shape index (κ2) is 5.33. The van der Waals surface area contributed by atoms with Gasteiger partial charge in [-0.05, 0) is 22.8 Å². The van der Waals surface area contributed by atoms with Gasteiger partial charge in [0.15, 0.2) is 11.6 Å². The number of Topliss-reactive ketones (excluding diaryl/α,β-unsaturated/α-hetero) is 2. The first kappa shape index (κ1) is 13.6. The molecule has 0 N–H and O–H groups in total. The van der Waals surface area contributed by atoms with Crippen LogP contribution in [-0.2, 0) is 0 Å². The molecule has 1 aliphatic rings. The molecule has 0 atom stereocenters. The minimum Gasteiger partial charge on any atom is -0.293 e. The number of ketones is 2. The first-order valence-electron chi connectivity index (χ1n) is 7.58. The Morgan fingerprint density at radius 3 is 1.78 bits per heavy atom. The van der Waals surface area contributed by atoms with Gasteiger partial charge in [0.05, 0.1) is 0 Å². The molecule has 1 aliphatic carbocycles. The van der Waals surface area contributed by atoms with E-state index in [4.69, 9.17) is 0 Å². The monoisotopic (exact) mass is 298 g/mol. The topological polar surface area (TPSA) is 34.1 Å². The lowest BCUT2D eigenvalue weighted by atomic mass is 9.91. The SMILES string of the molecule is O=C1c2ccccc2C(=O)C1c1cccc(-c2ccccc2)c1. The zero-order chi connectivity index (χ0) is 15.8. The van der Waals surface area contributed by atoms with E-state index in [1.54, 1.807) is 24.3 Å². The average Bonchev–Trinajstić information content (AvgIpc) is 2.87. The lowest BCUT2D eigenvalue weighted by Crippen LogP contribution is -2.12. The first-order chi connectivity index (χ1) is 11.3. The maximum absolute atomic E-state index is 12.6. The van der Waals surface area contributed by atoms with Crippen molar-refractivity contribution in [1.29, 1.82) is 0 Å². The number of hydrogen-bond acceptors (Lipinski definition) is 2. The highest BCUT2D eigenvalue weighted by Crippen LogP contribution is 2.35. The van der Waals surface area contributed by atoms with Crippen molar-refractivity contribution >= 4 is 11.6 Å². The maximum atomic E-state index is 12.6. The lowest BCUT2D eigenvalue weighted by Gasteiger charge is -2.10. The number of carbonyl (C=O) groups is 2. The van der Waals surface area contributed by atoms with E-state index in [0.717, 1.165) is 16.7 Å². The van der Waals surface area contributed by atoms with E-state index in [1.165, 1.54) is 0 Å². The second-order valence-electron chi connectivity index (χ2n) is 5.70. The molecule has 0 bridgehead atoms. The van der Waals surface area contributed by atoms with Crippen molar-refractivity contribution in [3.8, 4) is 11.1 Å². The summed E-state index contributed by atoms with van der Waals surface area (Å²) in [5.74, 6) is -0.914. The van der Waals surface area contributed by atoms with Gasteiger partial charge in [0.25, 0.3) is 0 Å². The lowest BCUT2D eigenvalue weighted by molar-refractivity contribution is 0.0890. The van der Waals surface area contributed by atoms with Crippen LogP contribution in [0.25, 0.3) is 11.1 Å². The summed E-state index contributed by atoms with van der Waals surface area (Å²) in [4.78, 5) is 25.3. The molecule has 0 aromatic heterocycles. The molecular formula is C21H14O2. The smallest absolute Gasteiger partial charge is 0.178 e. The van der Waals surface area contributed by atoms with Crippen LogP contribution in [0.4, 0.5) is 0 Å². The van der Waals surface area contributed by atoms with Crippen LogP contribution in [0, 0.1) is 0 Å². The number of fused-ring (bicyclic) bond motifs is 1. The minimum absolute atomic E-state index is 0.101. The Hall–Kier alpha value is -3.00. The van der Waals surface area contributed by atoms with Gasteiger partial charge in [-0.2, -0.15) is 0 Å². The molecule has 0 fully saturated rings. The quantitative estimate of drug-likeness (QED) is 0.652. The van der Waals surface area contributed by atoms with Crippen molar-refractivity contribution in [3.63, 3.8) is 0 Å². The fraction of sp³-hybridized carbons (Fsp3) is 0.0476. The van der Waals surface area contributed by atoms with Crippen molar-refractivity contribution in [2.45, 2.75) is 5.92 Å². The fourth-order valence-electron chi connectivity index (χ4n) is 3.17. The Morgan fingerprint density at radius 2 is 1.13 bits per heavy atom. The van der Waals surface area contributed by atoms with Crippen molar-refractivity contribution < 1.29 is 9.59 Å². The van der Waals surface area contributed by atoms with E-state index >= 15 is 0 Å². The number of rotatable bonds is 2. The van der Waals surface area contributed by atoms with E-state index in [1.807, 2.05) is 54.6 Å². The standard InChI is InChI=1S/C21H14O2/c22-20-17-11-4-5-12-18(17)21(23)19(20)16-10-6-9-15(13-16)14-7-2-1-3-8-14/h1-13,19H. The number of carbonyl (C=O) groups excluding carboxylic acids is 2. The Kier molecular flexibility index (Phi) is 3.16. The van der Waals surface area contributed by atoms with Gasteiger partial charge >= 0.3 is 0 Å².